The van der Waals surface area contributed by atoms with E-state index >= 15 is 0 Å². The van der Waals surface area contributed by atoms with Crippen LogP contribution >= 0.6 is 22.7 Å². The van der Waals surface area contributed by atoms with Crippen molar-refractivity contribution in [1.82, 2.24) is 9.13 Å². The fourth-order valence-electron chi connectivity index (χ4n) is 18.8. The van der Waals surface area contributed by atoms with E-state index < -0.39 is 6.04 Å². The summed E-state index contributed by atoms with van der Waals surface area (Å²) in [6.45, 7) is 0. The number of para-hydroxylation sites is 4. The Hall–Kier alpha value is -16.0. The Kier molecular flexibility index (Phi) is 17.9. The average molecular weight is 1650 g/mol. The molecule has 126 heavy (non-hydrogen) atoms. The van der Waals surface area contributed by atoms with Gasteiger partial charge in [-0.1, -0.05) is 364 Å². The van der Waals surface area contributed by atoms with E-state index in [4.69, 9.17) is 4.11 Å². The maximum absolute atomic E-state index is 9.26. The minimum absolute atomic E-state index is 0.130. The Labute approximate surface area is 746 Å². The summed E-state index contributed by atoms with van der Waals surface area (Å²) in [4.78, 5) is 4.68. The lowest BCUT2D eigenvalue weighted by atomic mass is 9.87. The molecule has 0 radical (unpaired) electrons. The summed E-state index contributed by atoms with van der Waals surface area (Å²) >= 11 is 3.57. The zero-order valence-corrected chi connectivity index (χ0v) is 70.0. The predicted octanol–water partition coefficient (Wildman–Crippen LogP) is 34.6. The van der Waals surface area contributed by atoms with E-state index in [-0.39, 0.29) is 29.9 Å². The Morgan fingerprint density at radius 2 is 0.421 bits per heavy atom. The number of thiophene rings is 2. The molecule has 4 heterocycles. The highest BCUT2D eigenvalue weighted by molar-refractivity contribution is 7.27. The third kappa shape index (κ3) is 13.4. The smallest absolute Gasteiger partial charge is 0.0726 e. The SMILES string of the molecule is [2H]c1c([2H])c([2H])c(-n2c3ccccc3c3c(-c4ccccc4)c(-c4ccc(N(c5ccc(-c6ccccc6)cc5)c5ccc(-c6ccccc6)cc5)cc4)c4c5ccccc5sc4c32)c([2H])c1[2H].c1ccc(-c2ccc(N(c3ccc(-c4ccccc4)cc3)c3ccc(-c4c(-c5ccccc5)c5c6ccccc6n(-c6ccccc6)c5c5sc6ccccc6c45)cc3)cc2)cc1. The molecule has 4 nitrogen and oxygen atoms in total. The van der Waals surface area contributed by atoms with Gasteiger partial charge in [0.25, 0.3) is 0 Å². The molecular formula is C120H80N4S2. The summed E-state index contributed by atoms with van der Waals surface area (Å²) < 4.78 is 53.6. The Morgan fingerprint density at radius 1 is 0.190 bits per heavy atom. The van der Waals surface area contributed by atoms with E-state index in [1.165, 1.54) is 86.5 Å². The van der Waals surface area contributed by atoms with Crippen LogP contribution < -0.4 is 9.80 Å². The van der Waals surface area contributed by atoms with Gasteiger partial charge < -0.3 is 18.9 Å². The van der Waals surface area contributed by atoms with Crippen LogP contribution in [0.3, 0.4) is 0 Å². The second-order valence-corrected chi connectivity index (χ2v) is 33.8. The van der Waals surface area contributed by atoms with Crippen LogP contribution in [0.15, 0.2) is 485 Å². The van der Waals surface area contributed by atoms with E-state index in [1.807, 2.05) is 52.3 Å². The number of anilines is 6. The Morgan fingerprint density at radius 3 is 0.738 bits per heavy atom. The van der Waals surface area contributed by atoms with Gasteiger partial charge in [0.15, 0.2) is 0 Å². The van der Waals surface area contributed by atoms with E-state index in [2.05, 4.69) is 433 Å². The molecule has 0 atom stereocenters. The third-order valence-corrected chi connectivity index (χ3v) is 26.8. The Balaban J connectivity index is 0.000000149. The first-order valence-corrected chi connectivity index (χ1v) is 44.2. The molecule has 0 aliphatic carbocycles. The third-order valence-electron chi connectivity index (χ3n) is 24.5. The molecule has 0 N–H and O–H groups in total. The van der Waals surface area contributed by atoms with Gasteiger partial charge >= 0.3 is 0 Å². The van der Waals surface area contributed by atoms with Crippen LogP contribution in [0.5, 0.6) is 0 Å². The summed E-state index contributed by atoms with van der Waals surface area (Å²) in [5.41, 5.74) is 30.1. The van der Waals surface area contributed by atoms with Crippen LogP contribution in [0.2, 0.25) is 0 Å². The zero-order valence-electron chi connectivity index (χ0n) is 73.4. The largest absolute Gasteiger partial charge is 0.311 e. The summed E-state index contributed by atoms with van der Waals surface area (Å²) in [6.07, 6.45) is 0. The second-order valence-electron chi connectivity index (χ2n) is 31.7. The molecule has 592 valence electrons. The van der Waals surface area contributed by atoms with Crippen molar-refractivity contribution in [2.45, 2.75) is 0 Å². The van der Waals surface area contributed by atoms with Gasteiger partial charge in [-0.15, -0.1) is 22.7 Å². The van der Waals surface area contributed by atoms with E-state index in [1.54, 1.807) is 11.3 Å². The molecule has 0 aliphatic rings. The molecule has 0 unspecified atom stereocenters. The molecule has 0 spiro atoms. The molecule has 0 bridgehead atoms. The van der Waals surface area contributed by atoms with E-state index in [0.717, 1.165) is 126 Å². The molecule has 0 aliphatic heterocycles. The van der Waals surface area contributed by atoms with E-state index in [0.29, 0.717) is 0 Å². The van der Waals surface area contributed by atoms with Crippen molar-refractivity contribution in [1.29, 1.82) is 0 Å². The zero-order chi connectivity index (χ0) is 87.7. The highest BCUT2D eigenvalue weighted by Gasteiger charge is 2.30. The van der Waals surface area contributed by atoms with Gasteiger partial charge in [0.2, 0.25) is 0 Å². The number of benzene rings is 20. The van der Waals surface area contributed by atoms with Gasteiger partial charge in [0, 0.05) is 109 Å². The van der Waals surface area contributed by atoms with Crippen LogP contribution in [0.1, 0.15) is 6.85 Å². The molecule has 4 aromatic heterocycles. The van der Waals surface area contributed by atoms with Gasteiger partial charge in [0.05, 0.1) is 38.3 Å². The lowest BCUT2D eigenvalue weighted by Gasteiger charge is -2.26. The van der Waals surface area contributed by atoms with Crippen LogP contribution in [0.25, 0.3) is 184 Å². The highest BCUT2D eigenvalue weighted by Crippen LogP contribution is 2.56. The normalized spacial score (nSPS) is 12.0. The van der Waals surface area contributed by atoms with Crippen molar-refractivity contribution in [2.24, 2.45) is 0 Å². The van der Waals surface area contributed by atoms with Gasteiger partial charge in [-0.2, -0.15) is 0 Å². The van der Waals surface area contributed by atoms with Crippen LogP contribution in [-0.4, -0.2) is 9.13 Å². The predicted molar refractivity (Wildman–Crippen MR) is 540 cm³/mol. The molecule has 0 saturated carbocycles. The molecule has 6 heteroatoms. The topological polar surface area (TPSA) is 16.3 Å². The van der Waals surface area contributed by atoms with Crippen LogP contribution in [0, 0.1) is 0 Å². The lowest BCUT2D eigenvalue weighted by Crippen LogP contribution is -2.09. The molecule has 0 saturated heterocycles. The molecule has 24 aromatic rings. The summed E-state index contributed by atoms with van der Waals surface area (Å²) in [7, 11) is 0. The van der Waals surface area contributed by atoms with Crippen LogP contribution in [-0.2, 0) is 0 Å². The fourth-order valence-corrected chi connectivity index (χ4v) is 21.3. The maximum atomic E-state index is 9.26. The van der Waals surface area contributed by atoms with Crippen molar-refractivity contribution in [3.63, 3.8) is 0 Å². The summed E-state index contributed by atoms with van der Waals surface area (Å²) in [5.74, 6) is 0. The maximum Gasteiger partial charge on any atom is 0.0726 e. The fraction of sp³-hybridized carbons (Fsp3) is 0. The minimum Gasteiger partial charge on any atom is -0.311 e. The number of fused-ring (bicyclic) bond motifs is 14. The standard InChI is InChI=1S/2C60H40N2S/c2*1-5-17-41(18-6-1)43-29-35-48(36-30-43)61(49-37-31-44(32-38-49)42-19-7-2-8-20-42)50-39-33-46(34-40-50)56-55(45-21-9-3-10-22-45)57-51-25-13-15-27-53(51)62(47-23-11-4-12-24-47)59(57)60-58(56)52-26-14-16-28-54(52)63-60/h2*1-40H/i4D,11D,12D,23D,24D;. The summed E-state index contributed by atoms with van der Waals surface area (Å²) in [6, 6.07) is 161. The molecule has 20 aromatic carbocycles. The minimum atomic E-state index is -0.417. The van der Waals surface area contributed by atoms with Gasteiger partial charge in [-0.3, -0.25) is 0 Å². The second kappa shape index (κ2) is 32.5. The van der Waals surface area contributed by atoms with Crippen LogP contribution in [0.4, 0.5) is 34.1 Å². The Bertz CT molecular complexity index is 8230. The van der Waals surface area contributed by atoms with E-state index in [9.17, 15) is 2.74 Å². The quantitative estimate of drug-likeness (QED) is 0.0959. The molecular weight excluding hydrogens is 1560 g/mol. The van der Waals surface area contributed by atoms with Crippen molar-refractivity contribution >= 4 is 141 Å². The average Bonchev–Trinajstić information content (AvgIpc) is 1.54. The van der Waals surface area contributed by atoms with Gasteiger partial charge in [-0.25, -0.2) is 0 Å². The number of hydrogen-bond donors (Lipinski definition) is 0. The molecule has 0 amide bonds. The first-order valence-electron chi connectivity index (χ1n) is 45.1. The number of nitrogens with zero attached hydrogens (tertiary/aromatic N) is 4. The number of rotatable bonds is 16. The first-order chi connectivity index (χ1) is 64.6. The first kappa shape index (κ1) is 69.7. The summed E-state index contributed by atoms with van der Waals surface area (Å²) in [5, 5.41) is 9.10. The van der Waals surface area contributed by atoms with Crippen molar-refractivity contribution < 1.29 is 6.85 Å². The lowest BCUT2D eigenvalue weighted by molar-refractivity contribution is 1.19. The molecule has 0 fully saturated rings. The van der Waals surface area contributed by atoms with Gasteiger partial charge in [-0.05, 0) is 199 Å². The number of aromatic nitrogens is 2. The van der Waals surface area contributed by atoms with Crippen molar-refractivity contribution in [3.8, 4) is 100 Å². The highest BCUT2D eigenvalue weighted by atomic mass is 32.1. The number of hydrogen-bond acceptors (Lipinski definition) is 4. The van der Waals surface area contributed by atoms with Crippen molar-refractivity contribution in [2.75, 3.05) is 9.80 Å². The molecule has 24 rings (SSSR count). The van der Waals surface area contributed by atoms with Gasteiger partial charge in [0.1, 0.15) is 0 Å². The monoisotopic (exact) mass is 1650 g/mol. The van der Waals surface area contributed by atoms with Crippen molar-refractivity contribution in [3.05, 3.63) is 485 Å².